The molecule has 0 aromatic carbocycles. The maximum Gasteiger partial charge on any atom is 0.0170 e. The summed E-state index contributed by atoms with van der Waals surface area (Å²) in [6.07, 6.45) is 0. The molecule has 0 saturated heterocycles. The summed E-state index contributed by atoms with van der Waals surface area (Å²) < 4.78 is 0. The van der Waals surface area contributed by atoms with Gasteiger partial charge in [-0.05, 0) is 0 Å². The van der Waals surface area contributed by atoms with Crippen molar-refractivity contribution in [3.8, 4) is 0 Å². The van der Waals surface area contributed by atoms with Crippen molar-refractivity contribution in [3.63, 3.8) is 0 Å². The molecule has 0 N–H and O–H groups in total. The summed E-state index contributed by atoms with van der Waals surface area (Å²) in [6, 6.07) is 0. The topological polar surface area (TPSA) is 17.1 Å². The zero-order valence-corrected chi connectivity index (χ0v) is 7.16. The van der Waals surface area contributed by atoms with Crippen LogP contribution in [-0.4, -0.2) is 5.78 Å². The second-order valence-corrected chi connectivity index (χ2v) is 1.20. The van der Waals surface area contributed by atoms with Crippen LogP contribution in [0.2, 0.25) is 0 Å². The third-order valence-electron chi connectivity index (χ3n) is 0.476. The molecule has 0 aromatic rings. The molecule has 0 heterocycles. The largest absolute Gasteiger partial charge is 0.332 e. The Morgan fingerprint density at radius 2 is 1.86 bits per heavy atom. The van der Waals surface area contributed by atoms with Crippen molar-refractivity contribution in [2.75, 3.05) is 0 Å². The molecule has 0 radical (unpaired) electrons. The van der Waals surface area contributed by atoms with Gasteiger partial charge in [0.2, 0.25) is 0 Å². The third-order valence-corrected chi connectivity index (χ3v) is 0.476. The molecule has 0 unspecified atom stereocenters. The van der Waals surface area contributed by atoms with Crippen LogP contribution in [0, 0.1) is 6.92 Å². The van der Waals surface area contributed by atoms with Gasteiger partial charge in [-0.1, -0.05) is 0 Å². The van der Waals surface area contributed by atoms with Gasteiger partial charge in [0.1, 0.15) is 0 Å². The summed E-state index contributed by atoms with van der Waals surface area (Å²) in [5.41, 5.74) is 0.509. The van der Waals surface area contributed by atoms with Crippen LogP contribution in [0.5, 0.6) is 0 Å². The molecule has 0 fully saturated rings. The molecule has 0 spiro atoms. The van der Waals surface area contributed by atoms with Gasteiger partial charge in [-0.25, -0.2) is 0 Å². The van der Waals surface area contributed by atoms with E-state index < -0.39 is 0 Å². The first kappa shape index (κ1) is 10.1. The van der Waals surface area contributed by atoms with Gasteiger partial charge >= 0.3 is 0 Å². The van der Waals surface area contributed by atoms with Gasteiger partial charge < -0.3 is 4.79 Å². The molecule has 40 valence electrons. The van der Waals surface area contributed by atoms with Gasteiger partial charge in [0.15, 0.2) is 0 Å². The van der Waals surface area contributed by atoms with Crippen LogP contribution in [0.1, 0.15) is 6.92 Å². The van der Waals surface area contributed by atoms with E-state index in [1.807, 2.05) is 0 Å². The van der Waals surface area contributed by atoms with E-state index in [1.165, 1.54) is 0 Å². The normalized spacial score (nSPS) is 6.43. The van der Waals surface area contributed by atoms with Crippen molar-refractivity contribution >= 4 is 5.78 Å². The zero-order chi connectivity index (χ0) is 5.15. The molecular weight excluding hydrogens is 260 g/mol. The molecule has 1 nitrogen and oxygen atoms in total. The maximum absolute atomic E-state index is 9.93. The molecule has 7 heavy (non-hydrogen) atoms. The van der Waals surface area contributed by atoms with E-state index in [-0.39, 0.29) is 26.8 Å². The molecule has 0 rings (SSSR count). The number of hydrogen-bond donors (Lipinski definition) is 0. The molecule has 0 aliphatic rings. The Bertz CT molecular complexity index is 74.1. The van der Waals surface area contributed by atoms with Crippen LogP contribution in [-0.2, 0) is 25.9 Å². The molecule has 0 aromatic heterocycles. The summed E-state index contributed by atoms with van der Waals surface area (Å²) in [7, 11) is 0. The van der Waals surface area contributed by atoms with Gasteiger partial charge in [-0.15, -0.1) is 6.92 Å². The van der Waals surface area contributed by atoms with Crippen molar-refractivity contribution < 1.29 is 25.9 Å². The van der Waals surface area contributed by atoms with Crippen molar-refractivity contribution in [1.82, 2.24) is 0 Å². The van der Waals surface area contributed by atoms with Crippen LogP contribution in [0.3, 0.4) is 0 Å². The second kappa shape index (κ2) is 4.14. The van der Waals surface area contributed by atoms with Crippen molar-refractivity contribution in [2.24, 2.45) is 0 Å². The average Bonchev–Trinajstić information content (AvgIpc) is 1.36. The Morgan fingerprint density at radius 3 is 1.86 bits per heavy atom. The van der Waals surface area contributed by atoms with Crippen LogP contribution in [0.15, 0.2) is 12.2 Å². The quantitative estimate of drug-likeness (QED) is 0.511. The second-order valence-electron chi connectivity index (χ2n) is 1.20. The first-order valence-electron chi connectivity index (χ1n) is 1.66. The van der Waals surface area contributed by atoms with Crippen molar-refractivity contribution in [2.45, 2.75) is 6.92 Å². The Balaban J connectivity index is 0. The SMILES string of the molecule is C=C(C)C([CH2-])=O.[W]. The molecule has 0 atom stereocenters. The monoisotopic (exact) mass is 267 g/mol. The standard InChI is InChI=1S/C5H7O.W/c1-4(2)5(3)6;/h1,3H2,2H3;/q-1;. The number of carbonyl (C=O) groups excluding carboxylic acids is 1. The summed E-state index contributed by atoms with van der Waals surface area (Å²) in [6.45, 7) is 8.08. The minimum atomic E-state index is -0.185. The Kier molecular flexibility index (Phi) is 5.94. The zero-order valence-electron chi connectivity index (χ0n) is 4.23. The van der Waals surface area contributed by atoms with Crippen LogP contribution in [0.25, 0.3) is 0 Å². The van der Waals surface area contributed by atoms with Gasteiger partial charge in [0, 0.05) is 26.8 Å². The number of rotatable bonds is 1. The average molecular weight is 267 g/mol. The van der Waals surface area contributed by atoms with E-state index in [9.17, 15) is 4.79 Å². The number of ketones is 1. The summed E-state index contributed by atoms with van der Waals surface area (Å²) in [5.74, 6) is -0.185. The van der Waals surface area contributed by atoms with Crippen LogP contribution in [0.4, 0.5) is 0 Å². The summed E-state index contributed by atoms with van der Waals surface area (Å²) in [5, 5.41) is 0. The van der Waals surface area contributed by atoms with Gasteiger partial charge in [0.25, 0.3) is 0 Å². The molecule has 0 amide bonds. The minimum absolute atomic E-state index is 0. The van der Waals surface area contributed by atoms with E-state index >= 15 is 0 Å². The van der Waals surface area contributed by atoms with Crippen molar-refractivity contribution in [1.29, 1.82) is 0 Å². The van der Waals surface area contributed by atoms with Gasteiger partial charge in [-0.2, -0.15) is 19.1 Å². The molecule has 0 aliphatic heterocycles. The summed E-state index contributed by atoms with van der Waals surface area (Å²) in [4.78, 5) is 9.93. The fourth-order valence-electron chi connectivity index (χ4n) is 0. The Hall–Kier alpha value is -0.0317. The van der Waals surface area contributed by atoms with E-state index in [0.29, 0.717) is 5.57 Å². The van der Waals surface area contributed by atoms with E-state index in [0.717, 1.165) is 0 Å². The first-order chi connectivity index (χ1) is 2.64. The number of allylic oxidation sites excluding steroid dienone is 1. The Labute approximate surface area is 58.1 Å². The fourth-order valence-corrected chi connectivity index (χ4v) is 0. The van der Waals surface area contributed by atoms with Gasteiger partial charge in [0.05, 0.1) is 0 Å². The van der Waals surface area contributed by atoms with E-state index in [2.05, 4.69) is 13.5 Å². The molecule has 0 bridgehead atoms. The third kappa shape index (κ3) is 5.97. The fraction of sp³-hybridized carbons (Fsp3) is 0.200. The molecular formula is C5H7OW-. The first-order valence-corrected chi connectivity index (χ1v) is 1.66. The number of carbonyl (C=O) groups is 1. The molecule has 0 saturated carbocycles. The number of hydrogen-bond acceptors (Lipinski definition) is 1. The predicted molar refractivity (Wildman–Crippen MR) is 25.2 cm³/mol. The smallest absolute Gasteiger partial charge is 0.0170 e. The maximum atomic E-state index is 9.93. The Morgan fingerprint density at radius 1 is 1.71 bits per heavy atom. The van der Waals surface area contributed by atoms with Gasteiger partial charge in [-0.3, -0.25) is 0 Å². The minimum Gasteiger partial charge on any atom is -0.332 e. The number of Topliss-reactive ketones (excluding diaryl/α,β-unsaturated/α-hetero) is 1. The summed E-state index contributed by atoms with van der Waals surface area (Å²) >= 11 is 0. The van der Waals surface area contributed by atoms with E-state index in [4.69, 9.17) is 0 Å². The van der Waals surface area contributed by atoms with Crippen LogP contribution < -0.4 is 0 Å². The molecule has 0 aliphatic carbocycles. The van der Waals surface area contributed by atoms with Crippen LogP contribution >= 0.6 is 0 Å². The molecule has 2 heteroatoms. The van der Waals surface area contributed by atoms with Crippen molar-refractivity contribution in [3.05, 3.63) is 19.1 Å². The van der Waals surface area contributed by atoms with E-state index in [1.54, 1.807) is 6.92 Å². The predicted octanol–water partition coefficient (Wildman–Crippen LogP) is 0.963.